The van der Waals surface area contributed by atoms with Gasteiger partial charge in [0, 0.05) is 23.3 Å². The molecule has 33 heavy (non-hydrogen) atoms. The van der Waals surface area contributed by atoms with Crippen LogP contribution >= 0.6 is 11.6 Å². The molecule has 0 fully saturated rings. The molecular formula is C27H29ClN2O3. The molecule has 0 radical (unpaired) electrons. The van der Waals surface area contributed by atoms with Crippen molar-refractivity contribution in [2.75, 3.05) is 6.54 Å². The van der Waals surface area contributed by atoms with Crippen molar-refractivity contribution in [3.8, 4) is 16.9 Å². The van der Waals surface area contributed by atoms with Gasteiger partial charge in [0.1, 0.15) is 12.4 Å². The highest BCUT2D eigenvalue weighted by Crippen LogP contribution is 2.39. The molecule has 1 atom stereocenters. The number of pyridine rings is 1. The van der Waals surface area contributed by atoms with Gasteiger partial charge in [0.05, 0.1) is 11.7 Å². The second-order valence-electron chi connectivity index (χ2n) is 9.04. The third-order valence-electron chi connectivity index (χ3n) is 6.04. The summed E-state index contributed by atoms with van der Waals surface area (Å²) in [7, 11) is 0. The maximum absolute atomic E-state index is 11.9. The number of halogens is 1. The molecule has 1 unspecified atom stereocenters. The molecule has 0 bridgehead atoms. The minimum absolute atomic E-state index is 0.161. The number of rotatable bonds is 6. The Bertz CT molecular complexity index is 1160. The van der Waals surface area contributed by atoms with Crippen LogP contribution in [0.3, 0.4) is 0 Å². The van der Waals surface area contributed by atoms with Crippen LogP contribution in [0.1, 0.15) is 48.7 Å². The van der Waals surface area contributed by atoms with E-state index in [1.807, 2.05) is 37.3 Å². The Hall–Kier alpha value is -3.05. The van der Waals surface area contributed by atoms with Gasteiger partial charge in [-0.25, -0.2) is 4.79 Å². The molecule has 6 heteroatoms. The fourth-order valence-electron chi connectivity index (χ4n) is 4.48. The zero-order valence-corrected chi connectivity index (χ0v) is 20.0. The van der Waals surface area contributed by atoms with Gasteiger partial charge >= 0.3 is 6.09 Å². The van der Waals surface area contributed by atoms with Gasteiger partial charge in [-0.3, -0.25) is 4.98 Å². The summed E-state index contributed by atoms with van der Waals surface area (Å²) in [5, 5.41) is 10.4. The summed E-state index contributed by atoms with van der Waals surface area (Å²) >= 11 is 6.36. The highest BCUT2D eigenvalue weighted by atomic mass is 35.5. The highest BCUT2D eigenvalue weighted by molar-refractivity contribution is 6.31. The van der Waals surface area contributed by atoms with E-state index in [1.54, 1.807) is 11.1 Å². The number of hydrogen-bond donors (Lipinski definition) is 1. The summed E-state index contributed by atoms with van der Waals surface area (Å²) < 4.78 is 6.16. The van der Waals surface area contributed by atoms with Crippen LogP contribution in [0.25, 0.3) is 11.1 Å². The number of benzene rings is 2. The number of carboxylic acid groups (broad SMARTS) is 1. The average Bonchev–Trinajstić information content (AvgIpc) is 2.77. The normalized spacial score (nSPS) is 15.4. The van der Waals surface area contributed by atoms with Crippen LogP contribution < -0.4 is 4.74 Å². The van der Waals surface area contributed by atoms with Crippen molar-refractivity contribution in [1.29, 1.82) is 0 Å². The number of aryl methyl sites for hydroxylation is 1. The van der Waals surface area contributed by atoms with E-state index in [0.717, 1.165) is 34.4 Å². The molecule has 1 aliphatic heterocycles. The van der Waals surface area contributed by atoms with Crippen molar-refractivity contribution in [3.05, 3.63) is 82.1 Å². The maximum Gasteiger partial charge on any atom is 0.407 e. The van der Waals surface area contributed by atoms with E-state index in [-0.39, 0.29) is 6.04 Å². The standard InChI is InChI=1S/C27H29ClN2O3/c1-17(2)12-25-23-14-20(5-4-19(23)9-11-30(25)27(31)32)24-15-21(28)6-7-26(24)33-16-22-13-18(3)8-10-29-22/h4-8,10,13-15,17,25H,9,11-12,16H2,1-3H3,(H,31,32). The predicted molar refractivity (Wildman–Crippen MR) is 131 cm³/mol. The van der Waals surface area contributed by atoms with Crippen molar-refractivity contribution in [2.45, 2.75) is 46.3 Å². The molecule has 172 valence electrons. The number of ether oxygens (including phenoxy) is 1. The van der Waals surface area contributed by atoms with E-state index in [2.05, 4.69) is 37.0 Å². The smallest absolute Gasteiger partial charge is 0.407 e. The molecule has 1 amide bonds. The Morgan fingerprint density at radius 1 is 1.21 bits per heavy atom. The van der Waals surface area contributed by atoms with Crippen LogP contribution in [0, 0.1) is 12.8 Å². The Labute approximate surface area is 200 Å². The number of amides is 1. The monoisotopic (exact) mass is 464 g/mol. The molecule has 3 aromatic rings. The third-order valence-corrected chi connectivity index (χ3v) is 6.28. The van der Waals surface area contributed by atoms with Gasteiger partial charge in [-0.2, -0.15) is 0 Å². The summed E-state index contributed by atoms with van der Waals surface area (Å²) in [4.78, 5) is 17.9. The van der Waals surface area contributed by atoms with Gasteiger partial charge in [-0.05, 0) is 84.3 Å². The van der Waals surface area contributed by atoms with Crippen LogP contribution in [0.5, 0.6) is 5.75 Å². The van der Waals surface area contributed by atoms with Gasteiger partial charge < -0.3 is 14.7 Å². The van der Waals surface area contributed by atoms with Gasteiger partial charge in [-0.15, -0.1) is 0 Å². The zero-order valence-electron chi connectivity index (χ0n) is 19.2. The minimum Gasteiger partial charge on any atom is -0.487 e. The van der Waals surface area contributed by atoms with Gasteiger partial charge in [0.25, 0.3) is 0 Å². The molecule has 4 rings (SSSR count). The first-order valence-corrected chi connectivity index (χ1v) is 11.7. The Balaban J connectivity index is 1.70. The predicted octanol–water partition coefficient (Wildman–Crippen LogP) is 6.91. The number of aromatic nitrogens is 1. The first-order chi connectivity index (χ1) is 15.8. The highest BCUT2D eigenvalue weighted by Gasteiger charge is 2.31. The lowest BCUT2D eigenvalue weighted by molar-refractivity contribution is 0.113. The Kier molecular flexibility index (Phi) is 6.89. The number of nitrogens with zero attached hydrogens (tertiary/aromatic N) is 2. The molecule has 0 aliphatic carbocycles. The number of hydrogen-bond acceptors (Lipinski definition) is 3. The Morgan fingerprint density at radius 2 is 2.03 bits per heavy atom. The van der Waals surface area contributed by atoms with Gasteiger partial charge in [-0.1, -0.05) is 37.6 Å². The van der Waals surface area contributed by atoms with Crippen LogP contribution in [0.2, 0.25) is 5.02 Å². The molecule has 0 saturated carbocycles. The van der Waals surface area contributed by atoms with Crippen LogP contribution in [0.15, 0.2) is 54.7 Å². The lowest BCUT2D eigenvalue weighted by atomic mass is 9.86. The van der Waals surface area contributed by atoms with Crippen molar-refractivity contribution in [3.63, 3.8) is 0 Å². The van der Waals surface area contributed by atoms with Crippen molar-refractivity contribution >= 4 is 17.7 Å². The molecule has 2 heterocycles. The van der Waals surface area contributed by atoms with Crippen LogP contribution in [0.4, 0.5) is 4.79 Å². The van der Waals surface area contributed by atoms with E-state index in [0.29, 0.717) is 36.3 Å². The Morgan fingerprint density at radius 3 is 2.76 bits per heavy atom. The molecule has 1 aliphatic rings. The first-order valence-electron chi connectivity index (χ1n) is 11.3. The SMILES string of the molecule is Cc1ccnc(COc2ccc(Cl)cc2-c2ccc3c(c2)C(CC(C)C)N(C(=O)O)CC3)c1. The zero-order chi connectivity index (χ0) is 23.5. The van der Waals surface area contributed by atoms with E-state index >= 15 is 0 Å². The quantitative estimate of drug-likeness (QED) is 0.430. The number of carbonyl (C=O) groups is 1. The summed E-state index contributed by atoms with van der Waals surface area (Å²) in [6, 6.07) is 15.7. The van der Waals surface area contributed by atoms with E-state index in [9.17, 15) is 9.90 Å². The first kappa shape index (κ1) is 23.1. The molecule has 1 aromatic heterocycles. The summed E-state index contributed by atoms with van der Waals surface area (Å²) in [5.41, 5.74) is 6.11. The topological polar surface area (TPSA) is 62.7 Å². The lowest BCUT2D eigenvalue weighted by Gasteiger charge is -2.36. The van der Waals surface area contributed by atoms with Gasteiger partial charge in [0.15, 0.2) is 0 Å². The van der Waals surface area contributed by atoms with Crippen molar-refractivity contribution < 1.29 is 14.6 Å². The lowest BCUT2D eigenvalue weighted by Crippen LogP contribution is -2.39. The molecular weight excluding hydrogens is 436 g/mol. The molecule has 0 spiro atoms. The van der Waals surface area contributed by atoms with E-state index in [4.69, 9.17) is 16.3 Å². The van der Waals surface area contributed by atoms with Crippen molar-refractivity contribution in [2.24, 2.45) is 5.92 Å². The summed E-state index contributed by atoms with van der Waals surface area (Å²) in [6.07, 6.45) is 2.41. The average molecular weight is 465 g/mol. The van der Waals surface area contributed by atoms with Crippen LogP contribution in [-0.2, 0) is 13.0 Å². The van der Waals surface area contributed by atoms with Crippen molar-refractivity contribution in [1.82, 2.24) is 9.88 Å². The van der Waals surface area contributed by atoms with E-state index in [1.165, 1.54) is 5.56 Å². The summed E-state index contributed by atoms with van der Waals surface area (Å²) in [5.74, 6) is 1.09. The maximum atomic E-state index is 11.9. The third kappa shape index (κ3) is 5.31. The minimum atomic E-state index is -0.867. The van der Waals surface area contributed by atoms with Gasteiger partial charge in [0.2, 0.25) is 0 Å². The number of fused-ring (bicyclic) bond motifs is 1. The molecule has 5 nitrogen and oxygen atoms in total. The largest absolute Gasteiger partial charge is 0.487 e. The fraction of sp³-hybridized carbons (Fsp3) is 0.333. The van der Waals surface area contributed by atoms with Crippen LogP contribution in [-0.4, -0.2) is 27.6 Å². The fourth-order valence-corrected chi connectivity index (χ4v) is 4.65. The molecule has 0 saturated heterocycles. The summed E-state index contributed by atoms with van der Waals surface area (Å²) in [6.45, 7) is 7.15. The van der Waals surface area contributed by atoms with E-state index < -0.39 is 6.09 Å². The second kappa shape index (κ2) is 9.84. The molecule has 2 aromatic carbocycles. The second-order valence-corrected chi connectivity index (χ2v) is 9.48. The molecule has 1 N–H and O–H groups in total.